The number of fused-ring (bicyclic) bond motifs is 1. The van der Waals surface area contributed by atoms with Crippen molar-refractivity contribution in [2.45, 2.75) is 33.2 Å². The highest BCUT2D eigenvalue weighted by Crippen LogP contribution is 2.08. The largest absolute Gasteiger partial charge is 0.481 e. The monoisotopic (exact) mass is 291 g/mol. The first-order valence-electron chi connectivity index (χ1n) is 6.61. The Morgan fingerprint density at radius 2 is 2.14 bits per heavy atom. The topological polar surface area (TPSA) is 101 Å². The first-order valence-corrected chi connectivity index (χ1v) is 6.61. The summed E-state index contributed by atoms with van der Waals surface area (Å²) in [5, 5.41) is 12.9. The molecular weight excluding hydrogens is 274 g/mol. The van der Waals surface area contributed by atoms with Crippen LogP contribution in [-0.2, 0) is 4.79 Å². The molecule has 8 nitrogen and oxygen atoms in total. The van der Waals surface area contributed by atoms with E-state index in [1.165, 1.54) is 9.42 Å². The van der Waals surface area contributed by atoms with E-state index in [4.69, 9.17) is 5.11 Å². The van der Waals surface area contributed by atoms with Crippen molar-refractivity contribution in [1.82, 2.24) is 24.5 Å². The number of hydrogen-bond acceptors (Lipinski definition) is 5. The number of amides is 1. The third kappa shape index (κ3) is 3.15. The lowest BCUT2D eigenvalue weighted by atomic mass is 10.2. The van der Waals surface area contributed by atoms with Crippen LogP contribution in [0.2, 0.25) is 0 Å². The maximum atomic E-state index is 12.4. The summed E-state index contributed by atoms with van der Waals surface area (Å²) in [5.74, 6) is -0.971. The van der Waals surface area contributed by atoms with E-state index in [1.807, 2.05) is 20.8 Å². The molecule has 0 saturated carbocycles. The van der Waals surface area contributed by atoms with Crippen molar-refractivity contribution >= 4 is 17.7 Å². The van der Waals surface area contributed by atoms with Gasteiger partial charge in [-0.05, 0) is 26.8 Å². The van der Waals surface area contributed by atoms with E-state index in [-0.39, 0.29) is 24.8 Å². The first-order chi connectivity index (χ1) is 9.90. The zero-order valence-corrected chi connectivity index (χ0v) is 12.1. The van der Waals surface area contributed by atoms with Gasteiger partial charge in [-0.2, -0.15) is 4.98 Å². The number of aliphatic carboxylic acids is 1. The van der Waals surface area contributed by atoms with Gasteiger partial charge in [0, 0.05) is 24.5 Å². The minimum Gasteiger partial charge on any atom is -0.481 e. The van der Waals surface area contributed by atoms with E-state index in [0.29, 0.717) is 5.78 Å². The van der Waals surface area contributed by atoms with Crippen LogP contribution in [0.5, 0.6) is 0 Å². The molecule has 0 bridgehead atoms. The van der Waals surface area contributed by atoms with Gasteiger partial charge in [0.05, 0.1) is 6.42 Å². The van der Waals surface area contributed by atoms with Crippen LogP contribution in [0.25, 0.3) is 5.78 Å². The number of carboxylic acid groups (broad SMARTS) is 1. The summed E-state index contributed by atoms with van der Waals surface area (Å²) in [4.78, 5) is 32.7. The standard InChI is InChI=1S/C13H17N5O3/c1-8(2)17(7-5-10(19)20)12(21)11-15-13-14-6-4-9(3)18(13)16-11/h4,6,8H,5,7H2,1-3H3,(H,19,20). The second-order valence-corrected chi connectivity index (χ2v) is 4.97. The molecule has 0 spiro atoms. The molecule has 0 aromatic carbocycles. The van der Waals surface area contributed by atoms with Crippen LogP contribution in [-0.4, -0.2) is 54.1 Å². The van der Waals surface area contributed by atoms with Gasteiger partial charge in [-0.3, -0.25) is 9.59 Å². The summed E-state index contributed by atoms with van der Waals surface area (Å²) in [6.45, 7) is 5.59. The highest BCUT2D eigenvalue weighted by Gasteiger charge is 2.24. The molecule has 2 heterocycles. The fourth-order valence-corrected chi connectivity index (χ4v) is 1.94. The second kappa shape index (κ2) is 5.86. The molecule has 112 valence electrons. The zero-order valence-electron chi connectivity index (χ0n) is 12.1. The van der Waals surface area contributed by atoms with Crippen molar-refractivity contribution in [3.8, 4) is 0 Å². The molecule has 8 heteroatoms. The van der Waals surface area contributed by atoms with E-state index in [1.54, 1.807) is 12.3 Å². The van der Waals surface area contributed by atoms with Crippen molar-refractivity contribution in [2.24, 2.45) is 0 Å². The Morgan fingerprint density at radius 3 is 2.71 bits per heavy atom. The lowest BCUT2D eigenvalue weighted by Crippen LogP contribution is -2.39. The molecule has 1 N–H and O–H groups in total. The minimum atomic E-state index is -0.950. The van der Waals surface area contributed by atoms with Crippen molar-refractivity contribution < 1.29 is 14.7 Å². The lowest BCUT2D eigenvalue weighted by molar-refractivity contribution is -0.137. The molecule has 0 aliphatic rings. The van der Waals surface area contributed by atoms with E-state index >= 15 is 0 Å². The fraction of sp³-hybridized carbons (Fsp3) is 0.462. The minimum absolute atomic E-state index is 0.0240. The number of rotatable bonds is 5. The van der Waals surface area contributed by atoms with Gasteiger partial charge in [0.2, 0.25) is 5.82 Å². The highest BCUT2D eigenvalue weighted by molar-refractivity contribution is 5.91. The summed E-state index contributed by atoms with van der Waals surface area (Å²) in [5.41, 5.74) is 0.813. The molecule has 0 aliphatic heterocycles. The van der Waals surface area contributed by atoms with E-state index in [9.17, 15) is 9.59 Å². The Morgan fingerprint density at radius 1 is 1.43 bits per heavy atom. The lowest BCUT2D eigenvalue weighted by Gasteiger charge is -2.24. The van der Waals surface area contributed by atoms with Crippen molar-refractivity contribution in [2.75, 3.05) is 6.54 Å². The van der Waals surface area contributed by atoms with Gasteiger partial charge in [0.15, 0.2) is 0 Å². The Hall–Kier alpha value is -2.51. The molecule has 0 saturated heterocycles. The summed E-state index contributed by atoms with van der Waals surface area (Å²) in [7, 11) is 0. The third-order valence-corrected chi connectivity index (χ3v) is 3.07. The fourth-order valence-electron chi connectivity index (χ4n) is 1.94. The van der Waals surface area contributed by atoms with Crippen LogP contribution in [0, 0.1) is 6.92 Å². The number of carbonyl (C=O) groups excluding carboxylic acids is 1. The van der Waals surface area contributed by atoms with Gasteiger partial charge in [-0.1, -0.05) is 0 Å². The average molecular weight is 291 g/mol. The molecule has 1 amide bonds. The van der Waals surface area contributed by atoms with Crippen molar-refractivity contribution in [1.29, 1.82) is 0 Å². The molecule has 2 aromatic heterocycles. The first kappa shape index (κ1) is 14.9. The zero-order chi connectivity index (χ0) is 15.6. The Bertz CT molecular complexity index is 679. The number of hydrogen-bond donors (Lipinski definition) is 1. The van der Waals surface area contributed by atoms with Gasteiger partial charge >= 0.3 is 5.97 Å². The molecule has 21 heavy (non-hydrogen) atoms. The Kier molecular flexibility index (Phi) is 4.15. The van der Waals surface area contributed by atoms with Crippen LogP contribution >= 0.6 is 0 Å². The maximum absolute atomic E-state index is 12.4. The molecule has 0 radical (unpaired) electrons. The van der Waals surface area contributed by atoms with Crippen molar-refractivity contribution in [3.05, 3.63) is 23.8 Å². The third-order valence-electron chi connectivity index (χ3n) is 3.07. The summed E-state index contributed by atoms with van der Waals surface area (Å²) < 4.78 is 1.49. The highest BCUT2D eigenvalue weighted by atomic mass is 16.4. The number of carbonyl (C=O) groups is 2. The van der Waals surface area contributed by atoms with E-state index in [2.05, 4.69) is 15.1 Å². The van der Waals surface area contributed by atoms with Gasteiger partial charge in [-0.25, -0.2) is 9.50 Å². The summed E-state index contributed by atoms with van der Waals surface area (Å²) in [6, 6.07) is 1.62. The maximum Gasteiger partial charge on any atom is 0.305 e. The average Bonchev–Trinajstić information content (AvgIpc) is 2.83. The summed E-state index contributed by atoms with van der Waals surface area (Å²) >= 11 is 0. The smallest absolute Gasteiger partial charge is 0.305 e. The van der Waals surface area contributed by atoms with E-state index in [0.717, 1.165) is 5.69 Å². The Balaban J connectivity index is 2.30. The normalized spacial score (nSPS) is 11.0. The molecule has 0 fully saturated rings. The molecule has 2 aromatic rings. The van der Waals surface area contributed by atoms with Gasteiger partial charge in [0.1, 0.15) is 0 Å². The van der Waals surface area contributed by atoms with Gasteiger partial charge in [-0.15, -0.1) is 5.10 Å². The second-order valence-electron chi connectivity index (χ2n) is 4.97. The number of aromatic nitrogens is 4. The van der Waals surface area contributed by atoms with E-state index < -0.39 is 11.9 Å². The van der Waals surface area contributed by atoms with Crippen LogP contribution in [0.1, 0.15) is 36.6 Å². The molecule has 2 rings (SSSR count). The van der Waals surface area contributed by atoms with Crippen LogP contribution in [0.3, 0.4) is 0 Å². The van der Waals surface area contributed by atoms with Crippen LogP contribution in [0.15, 0.2) is 12.3 Å². The predicted octanol–water partition coefficient (Wildman–Crippen LogP) is 0.758. The molecule has 0 unspecified atom stereocenters. The predicted molar refractivity (Wildman–Crippen MR) is 73.9 cm³/mol. The van der Waals surface area contributed by atoms with Crippen LogP contribution < -0.4 is 0 Å². The molecule has 0 aliphatic carbocycles. The van der Waals surface area contributed by atoms with Gasteiger partial charge < -0.3 is 10.0 Å². The number of carboxylic acids is 1. The van der Waals surface area contributed by atoms with Crippen molar-refractivity contribution in [3.63, 3.8) is 0 Å². The van der Waals surface area contributed by atoms with Crippen LogP contribution in [0.4, 0.5) is 0 Å². The number of aryl methyl sites for hydroxylation is 1. The Labute approximate surface area is 121 Å². The number of nitrogens with zero attached hydrogens (tertiary/aromatic N) is 5. The molecule has 0 atom stereocenters. The quantitative estimate of drug-likeness (QED) is 0.872. The van der Waals surface area contributed by atoms with Gasteiger partial charge in [0.25, 0.3) is 11.7 Å². The molecular formula is C13H17N5O3. The summed E-state index contributed by atoms with van der Waals surface area (Å²) in [6.07, 6.45) is 1.48. The SMILES string of the molecule is Cc1ccnc2nc(C(=O)N(CCC(=O)O)C(C)C)nn12.